The number of hydrogen-bond donors (Lipinski definition) is 3. The van der Waals surface area contributed by atoms with Gasteiger partial charge in [0.15, 0.2) is 0 Å². The highest BCUT2D eigenvalue weighted by molar-refractivity contribution is 5.85. The summed E-state index contributed by atoms with van der Waals surface area (Å²) >= 11 is 0. The summed E-state index contributed by atoms with van der Waals surface area (Å²) in [5.41, 5.74) is 11.9. The molecule has 0 spiro atoms. The molecule has 4 nitrogen and oxygen atoms in total. The molecule has 0 radical (unpaired) electrons. The van der Waals surface area contributed by atoms with Gasteiger partial charge in [-0.2, -0.15) is 0 Å². The summed E-state index contributed by atoms with van der Waals surface area (Å²) in [4.78, 5) is 10.3. The van der Waals surface area contributed by atoms with Gasteiger partial charge in [-0.25, -0.2) is 9.18 Å². The molecular weight excluding hydrogens is 211 g/mol. The Labute approximate surface area is 92.4 Å². The van der Waals surface area contributed by atoms with Crippen LogP contribution in [0.1, 0.15) is 17.2 Å². The largest absolute Gasteiger partial charge is 0.478 e. The summed E-state index contributed by atoms with van der Waals surface area (Å²) in [5.74, 6) is -1.63. The van der Waals surface area contributed by atoms with Gasteiger partial charge in [0.1, 0.15) is 5.82 Å². The highest BCUT2D eigenvalue weighted by Crippen LogP contribution is 2.16. The van der Waals surface area contributed by atoms with E-state index in [0.717, 1.165) is 6.08 Å². The molecule has 86 valence electrons. The van der Waals surface area contributed by atoms with Gasteiger partial charge >= 0.3 is 5.97 Å². The molecule has 0 bridgehead atoms. The van der Waals surface area contributed by atoms with E-state index in [1.807, 2.05) is 0 Å². The smallest absolute Gasteiger partial charge is 0.328 e. The SMILES string of the molecule is NC[C@H](N)c1ccc(F)c(/C=C/C(=O)O)c1. The first kappa shape index (κ1) is 12.4. The number of carboxylic acid groups (broad SMARTS) is 1. The Bertz CT molecular complexity index is 418. The normalized spacial score (nSPS) is 12.9. The quantitative estimate of drug-likeness (QED) is 0.662. The second-order valence-corrected chi connectivity index (χ2v) is 3.29. The highest BCUT2D eigenvalue weighted by atomic mass is 19.1. The van der Waals surface area contributed by atoms with Crippen molar-refractivity contribution in [3.05, 3.63) is 41.2 Å². The zero-order valence-corrected chi connectivity index (χ0v) is 8.56. The van der Waals surface area contributed by atoms with Gasteiger partial charge in [0.25, 0.3) is 0 Å². The summed E-state index contributed by atoms with van der Waals surface area (Å²) in [5, 5.41) is 8.44. The fourth-order valence-electron chi connectivity index (χ4n) is 1.22. The van der Waals surface area contributed by atoms with Crippen LogP contribution in [0.2, 0.25) is 0 Å². The van der Waals surface area contributed by atoms with Crippen molar-refractivity contribution in [1.29, 1.82) is 0 Å². The monoisotopic (exact) mass is 224 g/mol. The molecule has 0 amide bonds. The number of halogens is 1. The van der Waals surface area contributed by atoms with Gasteiger partial charge in [0, 0.05) is 24.2 Å². The van der Waals surface area contributed by atoms with E-state index in [1.54, 1.807) is 0 Å². The zero-order chi connectivity index (χ0) is 12.1. The Morgan fingerprint density at radius 1 is 1.56 bits per heavy atom. The lowest BCUT2D eigenvalue weighted by Gasteiger charge is -2.09. The van der Waals surface area contributed by atoms with Gasteiger partial charge in [-0.05, 0) is 23.8 Å². The number of carbonyl (C=O) groups is 1. The van der Waals surface area contributed by atoms with E-state index in [0.29, 0.717) is 5.56 Å². The summed E-state index contributed by atoms with van der Waals surface area (Å²) in [6.45, 7) is 0.244. The van der Waals surface area contributed by atoms with E-state index >= 15 is 0 Å². The van der Waals surface area contributed by atoms with E-state index in [1.165, 1.54) is 24.3 Å². The molecule has 1 rings (SSSR count). The topological polar surface area (TPSA) is 89.3 Å². The van der Waals surface area contributed by atoms with Crippen molar-refractivity contribution in [3.8, 4) is 0 Å². The number of hydrogen-bond acceptors (Lipinski definition) is 3. The standard InChI is InChI=1S/C11H13FN2O2/c12-9-3-1-8(10(14)6-13)5-7(9)2-4-11(15)16/h1-5,10H,6,13-14H2,(H,15,16)/b4-2+/t10-/m0/s1. The van der Waals surface area contributed by atoms with Crippen molar-refractivity contribution in [2.75, 3.05) is 6.54 Å². The zero-order valence-electron chi connectivity index (χ0n) is 8.56. The summed E-state index contributed by atoms with van der Waals surface area (Å²) in [6.07, 6.45) is 2.06. The molecule has 0 aliphatic rings. The molecular formula is C11H13FN2O2. The van der Waals surface area contributed by atoms with Gasteiger partial charge in [0.05, 0.1) is 0 Å². The summed E-state index contributed by atoms with van der Waals surface area (Å²) < 4.78 is 13.3. The third-order valence-electron chi connectivity index (χ3n) is 2.11. The van der Waals surface area contributed by atoms with Gasteiger partial charge in [0.2, 0.25) is 0 Å². The van der Waals surface area contributed by atoms with Crippen LogP contribution < -0.4 is 11.5 Å². The molecule has 5 heteroatoms. The van der Waals surface area contributed by atoms with Crippen molar-refractivity contribution in [3.63, 3.8) is 0 Å². The van der Waals surface area contributed by atoms with E-state index in [2.05, 4.69) is 0 Å². The molecule has 0 aliphatic heterocycles. The van der Waals surface area contributed by atoms with Crippen molar-refractivity contribution in [1.82, 2.24) is 0 Å². The molecule has 0 aliphatic carbocycles. The van der Waals surface area contributed by atoms with E-state index < -0.39 is 11.8 Å². The lowest BCUT2D eigenvalue weighted by molar-refractivity contribution is -0.131. The van der Waals surface area contributed by atoms with Gasteiger partial charge < -0.3 is 16.6 Å². The first-order valence-corrected chi connectivity index (χ1v) is 4.70. The van der Waals surface area contributed by atoms with Gasteiger partial charge in [-0.3, -0.25) is 0 Å². The Balaban J connectivity index is 3.03. The van der Waals surface area contributed by atoms with E-state index in [9.17, 15) is 9.18 Å². The average molecular weight is 224 g/mol. The summed E-state index contributed by atoms with van der Waals surface area (Å²) in [7, 11) is 0. The molecule has 0 saturated heterocycles. The van der Waals surface area contributed by atoms with Crippen LogP contribution in [-0.2, 0) is 4.79 Å². The molecule has 1 atom stereocenters. The Hall–Kier alpha value is -1.72. The molecule has 5 N–H and O–H groups in total. The first-order valence-electron chi connectivity index (χ1n) is 4.70. The lowest BCUT2D eigenvalue weighted by atomic mass is 10.0. The minimum absolute atomic E-state index is 0.184. The van der Waals surface area contributed by atoms with E-state index in [-0.39, 0.29) is 18.2 Å². The van der Waals surface area contributed by atoms with Crippen LogP contribution in [0.3, 0.4) is 0 Å². The minimum atomic E-state index is -1.13. The minimum Gasteiger partial charge on any atom is -0.478 e. The van der Waals surface area contributed by atoms with Crippen molar-refractivity contribution in [2.24, 2.45) is 11.5 Å². The molecule has 0 fully saturated rings. The number of rotatable bonds is 4. The third kappa shape index (κ3) is 3.15. The van der Waals surface area contributed by atoms with Crippen LogP contribution in [0.5, 0.6) is 0 Å². The van der Waals surface area contributed by atoms with Crippen molar-refractivity contribution < 1.29 is 14.3 Å². The van der Waals surface area contributed by atoms with E-state index in [4.69, 9.17) is 16.6 Å². The Morgan fingerprint density at radius 3 is 2.81 bits per heavy atom. The van der Waals surface area contributed by atoms with Crippen LogP contribution in [0.15, 0.2) is 24.3 Å². The maximum Gasteiger partial charge on any atom is 0.328 e. The molecule has 0 heterocycles. The number of aliphatic carboxylic acids is 1. The molecule has 0 aromatic heterocycles. The van der Waals surface area contributed by atoms with Gasteiger partial charge in [-0.15, -0.1) is 0 Å². The Kier molecular flexibility index (Phi) is 4.16. The van der Waals surface area contributed by atoms with Crippen LogP contribution in [0, 0.1) is 5.82 Å². The number of benzene rings is 1. The molecule has 1 aromatic rings. The summed E-state index contributed by atoms with van der Waals surface area (Å²) in [6, 6.07) is 3.89. The average Bonchev–Trinajstić information content (AvgIpc) is 2.26. The lowest BCUT2D eigenvalue weighted by Crippen LogP contribution is -2.20. The number of nitrogens with two attached hydrogens (primary N) is 2. The van der Waals surface area contributed by atoms with Crippen LogP contribution in [-0.4, -0.2) is 17.6 Å². The first-order chi connectivity index (χ1) is 7.54. The van der Waals surface area contributed by atoms with Crippen LogP contribution >= 0.6 is 0 Å². The van der Waals surface area contributed by atoms with Crippen molar-refractivity contribution in [2.45, 2.75) is 6.04 Å². The number of carboxylic acids is 1. The van der Waals surface area contributed by atoms with Crippen LogP contribution in [0.4, 0.5) is 4.39 Å². The molecule has 0 saturated carbocycles. The third-order valence-corrected chi connectivity index (χ3v) is 2.11. The molecule has 1 aromatic carbocycles. The maximum absolute atomic E-state index is 13.3. The second kappa shape index (κ2) is 5.39. The van der Waals surface area contributed by atoms with Gasteiger partial charge in [-0.1, -0.05) is 6.07 Å². The maximum atomic E-state index is 13.3. The van der Waals surface area contributed by atoms with Crippen LogP contribution in [0.25, 0.3) is 6.08 Å². The highest BCUT2D eigenvalue weighted by Gasteiger charge is 2.06. The fraction of sp³-hybridized carbons (Fsp3) is 0.182. The molecule has 0 unspecified atom stereocenters. The Morgan fingerprint density at radius 2 is 2.25 bits per heavy atom. The second-order valence-electron chi connectivity index (χ2n) is 3.29. The fourth-order valence-corrected chi connectivity index (χ4v) is 1.22. The predicted octanol–water partition coefficient (Wildman–Crippen LogP) is 0.882. The van der Waals surface area contributed by atoms with Crippen molar-refractivity contribution >= 4 is 12.0 Å². The predicted molar refractivity (Wildman–Crippen MR) is 59.1 cm³/mol. The molecule has 16 heavy (non-hydrogen) atoms.